The largest absolute Gasteiger partial charge is 0.491 e. The normalized spacial score (nSPS) is 13.3. The molecule has 8 aromatic carbocycles. The summed E-state index contributed by atoms with van der Waals surface area (Å²) in [6, 6.07) is 58.1. The number of aliphatic hydroxyl groups excluding tert-OH is 7. The average molecular weight is 1880 g/mol. The summed E-state index contributed by atoms with van der Waals surface area (Å²) < 4.78 is 92.3. The molecular weight excluding hydrogens is 1770 g/mol. The smallest absolute Gasteiger partial charge is 0.330 e. The summed E-state index contributed by atoms with van der Waals surface area (Å²) in [6.45, 7) is 26.6. The summed E-state index contributed by atoms with van der Waals surface area (Å²) in [4.78, 5) is 105. The number of hydrogen-bond acceptors (Lipinski definition) is 33. The van der Waals surface area contributed by atoms with Crippen molar-refractivity contribution in [3.63, 3.8) is 0 Å². The number of carbonyl (C=O) groups excluding carboxylic acids is 9. The Kier molecular flexibility index (Phi) is 46.5. The molecule has 720 valence electrons. The van der Waals surface area contributed by atoms with E-state index in [0.29, 0.717) is 46.0 Å². The van der Waals surface area contributed by atoms with E-state index in [-0.39, 0.29) is 111 Å². The summed E-state index contributed by atoms with van der Waals surface area (Å²) in [5.74, 6) is -4.57. The van der Waals surface area contributed by atoms with Crippen LogP contribution in [0.25, 0.3) is 0 Å². The first kappa shape index (κ1) is 108. The van der Waals surface area contributed by atoms with Gasteiger partial charge in [-0.1, -0.05) is 156 Å². The fourth-order valence-corrected chi connectivity index (χ4v) is 12.6. The molecule has 0 heterocycles. The van der Waals surface area contributed by atoms with Gasteiger partial charge in [-0.05, 0) is 142 Å². The lowest BCUT2D eigenvalue weighted by Gasteiger charge is -2.30. The number of aliphatic hydroxyl groups is 7. The van der Waals surface area contributed by atoms with Crippen molar-refractivity contribution in [2.45, 2.75) is 72.5 Å². The van der Waals surface area contributed by atoms with Gasteiger partial charge in [0.2, 0.25) is 0 Å². The zero-order valence-electron chi connectivity index (χ0n) is 74.5. The Hall–Kier alpha value is -15.2. The second-order valence-electron chi connectivity index (χ2n) is 29.4. The second kappa shape index (κ2) is 58.6. The standard InChI is InChI=1S/C56H58O18.C47H52O15/c1-7-49(59)69-31-41(57)29-65-43-21-13-37(14-22-43)55(39-17-25-45(26-18-39)67-33-47(73-53(63)11-5)35-71-51(61)9-3)56(38-15-23-44(24-16-38)66-30-42(58)32-70-50(60)8-2)40-19-27-46(28-20-40)68-34-48(74-54(64)12-6)36-72-52(62)10-4;1-4-43(53)60-28-36(50)25-57-40-17-9-32(10-18-40)46(31-7-15-39(16-8-31)56-24-35(49)23-48)47(33-11-19-41(20-12-33)58-26-37(51)29-61-44(54)5-2)34-13-21-42(22-14-34)59-27-38(52)30-62-45(55)6-3/h7-28,41-42,47-48,55-58H,1-6,29-36H2;4-22,35-38,46-52H,1-3,23-30H2. The highest BCUT2D eigenvalue weighted by Gasteiger charge is 2.33. The molecule has 0 aliphatic heterocycles. The second-order valence-corrected chi connectivity index (χ2v) is 29.4. The van der Waals surface area contributed by atoms with Gasteiger partial charge in [-0.15, -0.1) is 0 Å². The van der Waals surface area contributed by atoms with E-state index < -0.39 is 121 Å². The first-order chi connectivity index (χ1) is 65.6. The van der Waals surface area contributed by atoms with Crippen molar-refractivity contribution in [3.8, 4) is 46.0 Å². The lowest BCUT2D eigenvalue weighted by atomic mass is 9.73. The topological polar surface area (TPSA) is 452 Å². The minimum absolute atomic E-state index is 0.106. The maximum absolute atomic E-state index is 12.1. The lowest BCUT2D eigenvalue weighted by Crippen LogP contribution is -2.30. The molecule has 33 heteroatoms. The van der Waals surface area contributed by atoms with Gasteiger partial charge in [0, 0.05) is 78.4 Å². The molecule has 0 spiro atoms. The van der Waals surface area contributed by atoms with Crippen molar-refractivity contribution < 1.29 is 159 Å². The number of ether oxygens (including phenoxy) is 17. The molecule has 11 unspecified atom stereocenters. The van der Waals surface area contributed by atoms with Crippen molar-refractivity contribution in [1.29, 1.82) is 0 Å². The van der Waals surface area contributed by atoms with E-state index >= 15 is 0 Å². The highest BCUT2D eigenvalue weighted by molar-refractivity contribution is 5.84. The highest BCUT2D eigenvalue weighted by Crippen LogP contribution is 2.47. The minimum Gasteiger partial charge on any atom is -0.491 e. The quantitative estimate of drug-likeness (QED) is 0.0106. The maximum atomic E-state index is 12.1. The highest BCUT2D eigenvalue weighted by atomic mass is 16.6. The summed E-state index contributed by atoms with van der Waals surface area (Å²) in [6.07, 6.45) is 0.393. The third-order valence-electron chi connectivity index (χ3n) is 19.3. The van der Waals surface area contributed by atoms with Crippen LogP contribution in [0.5, 0.6) is 46.0 Å². The molecule has 0 aliphatic rings. The van der Waals surface area contributed by atoms with Crippen LogP contribution in [-0.2, 0) is 85.8 Å². The third-order valence-corrected chi connectivity index (χ3v) is 19.3. The molecule has 11 atom stereocenters. The zero-order chi connectivity index (χ0) is 98.7. The number of rotatable bonds is 60. The van der Waals surface area contributed by atoms with Crippen molar-refractivity contribution >= 4 is 53.7 Å². The van der Waals surface area contributed by atoms with Crippen molar-refractivity contribution in [2.75, 3.05) is 106 Å². The molecule has 0 amide bonds. The molecular formula is C103H110O33. The Morgan fingerprint density at radius 2 is 0.338 bits per heavy atom. The van der Waals surface area contributed by atoms with E-state index in [1.807, 2.05) is 97.1 Å². The Morgan fingerprint density at radius 3 is 0.485 bits per heavy atom. The number of hydrogen-bond donors (Lipinski definition) is 7. The van der Waals surface area contributed by atoms with Crippen molar-refractivity contribution in [2.24, 2.45) is 0 Å². The molecule has 0 radical (unpaired) electrons. The van der Waals surface area contributed by atoms with Gasteiger partial charge in [-0.25, -0.2) is 43.2 Å². The molecule has 0 saturated carbocycles. The van der Waals surface area contributed by atoms with E-state index in [4.69, 9.17) is 80.5 Å². The maximum Gasteiger partial charge on any atom is 0.330 e. The average Bonchev–Trinajstić information content (AvgIpc) is 0.781. The molecule has 0 fully saturated rings. The van der Waals surface area contributed by atoms with Crippen LogP contribution < -0.4 is 37.9 Å². The molecule has 0 bridgehead atoms. The molecule has 7 N–H and O–H groups in total. The predicted octanol–water partition coefficient (Wildman–Crippen LogP) is 9.79. The minimum atomic E-state index is -1.12. The van der Waals surface area contributed by atoms with Gasteiger partial charge in [-0.2, -0.15) is 0 Å². The number of esters is 9. The fraction of sp³-hybridized carbons (Fsp3) is 0.272. The lowest BCUT2D eigenvalue weighted by molar-refractivity contribution is -0.154. The van der Waals surface area contributed by atoms with Gasteiger partial charge in [0.1, 0.15) is 182 Å². The van der Waals surface area contributed by atoms with Crippen molar-refractivity contribution in [3.05, 3.63) is 353 Å². The molecule has 0 aromatic heterocycles. The summed E-state index contributed by atoms with van der Waals surface area (Å²) in [7, 11) is 0. The molecule has 0 aliphatic carbocycles. The number of carbonyl (C=O) groups is 9. The van der Waals surface area contributed by atoms with Gasteiger partial charge in [0.05, 0.1) is 6.61 Å². The van der Waals surface area contributed by atoms with Crippen LogP contribution in [0, 0.1) is 0 Å². The first-order valence-corrected chi connectivity index (χ1v) is 42.3. The van der Waals surface area contributed by atoms with Gasteiger partial charge in [0.15, 0.2) is 12.2 Å². The van der Waals surface area contributed by atoms with E-state index in [9.17, 15) is 78.9 Å². The Balaban J connectivity index is 0.000000376. The zero-order valence-corrected chi connectivity index (χ0v) is 74.5. The van der Waals surface area contributed by atoms with E-state index in [1.54, 1.807) is 97.1 Å². The monoisotopic (exact) mass is 1870 g/mol. The molecule has 136 heavy (non-hydrogen) atoms. The molecule has 8 aromatic rings. The van der Waals surface area contributed by atoms with Crippen LogP contribution in [0.15, 0.2) is 308 Å². The van der Waals surface area contributed by atoms with Crippen LogP contribution in [0.2, 0.25) is 0 Å². The SMILES string of the molecule is C=CC(=O)OCC(O)COc1ccc(C(c2ccc(OCC(COC(=O)C=C)OC(=O)C=C)cc2)C(c2ccc(OCC(O)COC(=O)C=C)cc2)c2ccc(OCC(COC(=O)C=C)OC(=O)C=C)cc2)cc1.C=CC(=O)OCC(O)COc1ccc(C(c2ccc(OCC(O)CO)cc2)C(c2ccc(OCC(O)COC(=O)C=C)cc2)c2ccc(OCC(O)COC(=O)C=C)cc2)cc1. The van der Waals surface area contributed by atoms with Gasteiger partial charge in [0.25, 0.3) is 0 Å². The van der Waals surface area contributed by atoms with Gasteiger partial charge in [-0.3, -0.25) is 0 Å². The summed E-state index contributed by atoms with van der Waals surface area (Å²) >= 11 is 0. The van der Waals surface area contributed by atoms with Crippen LogP contribution in [-0.4, -0.2) is 244 Å². The molecule has 33 nitrogen and oxygen atoms in total. The first-order valence-electron chi connectivity index (χ1n) is 42.3. The summed E-state index contributed by atoms with van der Waals surface area (Å²) in [5, 5.41) is 70.7. The molecule has 0 saturated heterocycles. The Morgan fingerprint density at radius 1 is 0.199 bits per heavy atom. The van der Waals surface area contributed by atoms with Crippen LogP contribution in [0.1, 0.15) is 68.2 Å². The van der Waals surface area contributed by atoms with Gasteiger partial charge < -0.3 is 116 Å². The van der Waals surface area contributed by atoms with Crippen molar-refractivity contribution in [1.82, 2.24) is 0 Å². The van der Waals surface area contributed by atoms with Crippen LogP contribution in [0.4, 0.5) is 0 Å². The number of benzene rings is 8. The Labute approximate surface area is 786 Å². The fourth-order valence-electron chi connectivity index (χ4n) is 12.6. The summed E-state index contributed by atoms with van der Waals surface area (Å²) in [5.41, 5.74) is 6.65. The van der Waals surface area contributed by atoms with Gasteiger partial charge >= 0.3 is 53.7 Å². The third kappa shape index (κ3) is 38.2. The van der Waals surface area contributed by atoms with E-state index in [2.05, 4.69) is 59.2 Å². The van der Waals surface area contributed by atoms with E-state index in [1.165, 1.54) is 0 Å². The van der Waals surface area contributed by atoms with Crippen LogP contribution >= 0.6 is 0 Å². The predicted molar refractivity (Wildman–Crippen MR) is 494 cm³/mol. The van der Waals surface area contributed by atoms with E-state index in [0.717, 1.165) is 99.2 Å². The van der Waals surface area contributed by atoms with Crippen LogP contribution in [0.3, 0.4) is 0 Å². The molecule has 8 rings (SSSR count). The Bertz CT molecular complexity index is 4940.